The van der Waals surface area contributed by atoms with Gasteiger partial charge in [-0.2, -0.15) is 0 Å². The molecule has 0 fully saturated rings. The fourth-order valence-corrected chi connectivity index (χ4v) is 2.34. The SMILES string of the molecule is COc1cc(NC(=O)Nc2cc(Cl)ccc2C)cc(OC)c1OC. The standard InChI is InChI=1S/C17H19ClN2O4/c1-10-5-6-11(18)7-13(10)20-17(21)19-12-8-14(22-2)16(24-4)15(9-12)23-3/h5-9H,1-4H3,(H2,19,20,21). The molecule has 0 aliphatic heterocycles. The number of anilines is 2. The third-order valence-corrected chi connectivity index (χ3v) is 3.61. The van der Waals surface area contributed by atoms with Crippen molar-refractivity contribution < 1.29 is 19.0 Å². The predicted octanol–water partition coefficient (Wildman–Crippen LogP) is 4.32. The number of nitrogens with one attached hydrogen (secondary N) is 2. The van der Waals surface area contributed by atoms with Gasteiger partial charge < -0.3 is 24.8 Å². The van der Waals surface area contributed by atoms with Crippen molar-refractivity contribution in [1.82, 2.24) is 0 Å². The van der Waals surface area contributed by atoms with E-state index in [4.69, 9.17) is 25.8 Å². The summed E-state index contributed by atoms with van der Waals surface area (Å²) in [6, 6.07) is 8.16. The summed E-state index contributed by atoms with van der Waals surface area (Å²) in [6.45, 7) is 1.88. The highest BCUT2D eigenvalue weighted by Crippen LogP contribution is 2.39. The van der Waals surface area contributed by atoms with Crippen LogP contribution in [0.15, 0.2) is 30.3 Å². The van der Waals surface area contributed by atoms with Crippen LogP contribution in [0, 0.1) is 6.92 Å². The van der Waals surface area contributed by atoms with Crippen LogP contribution < -0.4 is 24.8 Å². The van der Waals surface area contributed by atoms with Crippen molar-refractivity contribution in [3.05, 3.63) is 40.9 Å². The van der Waals surface area contributed by atoms with Gasteiger partial charge in [0.2, 0.25) is 5.75 Å². The number of carbonyl (C=O) groups is 1. The molecule has 2 aromatic rings. The summed E-state index contributed by atoms with van der Waals surface area (Å²) in [5.41, 5.74) is 2.04. The first-order chi connectivity index (χ1) is 11.5. The van der Waals surface area contributed by atoms with Crippen molar-refractivity contribution in [3.8, 4) is 17.2 Å². The number of aryl methyl sites for hydroxylation is 1. The van der Waals surface area contributed by atoms with E-state index in [1.165, 1.54) is 21.3 Å². The number of hydrogen-bond donors (Lipinski definition) is 2. The molecule has 2 amide bonds. The molecule has 7 heteroatoms. The van der Waals surface area contributed by atoms with Gasteiger partial charge in [-0.3, -0.25) is 0 Å². The lowest BCUT2D eigenvalue weighted by molar-refractivity contribution is 0.262. The van der Waals surface area contributed by atoms with Crippen molar-refractivity contribution in [2.75, 3.05) is 32.0 Å². The number of ether oxygens (including phenoxy) is 3. The number of rotatable bonds is 5. The van der Waals surface area contributed by atoms with Crippen LogP contribution in [0.1, 0.15) is 5.56 Å². The van der Waals surface area contributed by atoms with Crippen LogP contribution in [0.5, 0.6) is 17.2 Å². The number of hydrogen-bond acceptors (Lipinski definition) is 4. The van der Waals surface area contributed by atoms with E-state index in [-0.39, 0.29) is 0 Å². The molecule has 2 N–H and O–H groups in total. The van der Waals surface area contributed by atoms with Crippen LogP contribution in [-0.2, 0) is 0 Å². The second kappa shape index (κ2) is 7.79. The van der Waals surface area contributed by atoms with Crippen LogP contribution >= 0.6 is 11.6 Å². The van der Waals surface area contributed by atoms with E-state index in [9.17, 15) is 4.79 Å². The van der Waals surface area contributed by atoms with E-state index in [2.05, 4.69) is 10.6 Å². The number of benzene rings is 2. The van der Waals surface area contributed by atoms with Crippen LogP contribution in [-0.4, -0.2) is 27.4 Å². The Morgan fingerprint density at radius 1 is 0.958 bits per heavy atom. The maximum atomic E-state index is 12.2. The Hall–Kier alpha value is -2.60. The Balaban J connectivity index is 2.21. The maximum Gasteiger partial charge on any atom is 0.323 e. The Labute approximate surface area is 145 Å². The lowest BCUT2D eigenvalue weighted by Crippen LogP contribution is -2.20. The molecule has 0 bridgehead atoms. The van der Waals surface area contributed by atoms with Gasteiger partial charge in [-0.15, -0.1) is 0 Å². The molecule has 0 radical (unpaired) electrons. The highest BCUT2D eigenvalue weighted by atomic mass is 35.5. The summed E-state index contributed by atoms with van der Waals surface area (Å²) in [5, 5.41) is 6.03. The van der Waals surface area contributed by atoms with Crippen LogP contribution in [0.2, 0.25) is 5.02 Å². The molecule has 0 unspecified atom stereocenters. The molecule has 0 heterocycles. The normalized spacial score (nSPS) is 10.0. The average Bonchev–Trinajstić information content (AvgIpc) is 2.57. The van der Waals surface area contributed by atoms with E-state index >= 15 is 0 Å². The number of carbonyl (C=O) groups excluding carboxylic acids is 1. The van der Waals surface area contributed by atoms with Crippen molar-refractivity contribution in [2.45, 2.75) is 6.92 Å². The van der Waals surface area contributed by atoms with Gasteiger partial charge in [0.05, 0.1) is 27.0 Å². The van der Waals surface area contributed by atoms with Gasteiger partial charge >= 0.3 is 6.03 Å². The monoisotopic (exact) mass is 350 g/mol. The van der Waals surface area contributed by atoms with Gasteiger partial charge in [-0.25, -0.2) is 4.79 Å². The Kier molecular flexibility index (Phi) is 5.76. The summed E-state index contributed by atoms with van der Waals surface area (Å²) in [7, 11) is 4.54. The molecule has 0 atom stereocenters. The molecule has 0 aromatic heterocycles. The number of amides is 2. The first-order valence-electron chi connectivity index (χ1n) is 7.12. The molecule has 6 nitrogen and oxygen atoms in total. The predicted molar refractivity (Wildman–Crippen MR) is 94.9 cm³/mol. The van der Waals surface area contributed by atoms with E-state index in [1.54, 1.807) is 24.3 Å². The number of halogens is 1. The molecule has 0 spiro atoms. The molecule has 128 valence electrons. The van der Waals surface area contributed by atoms with E-state index in [0.29, 0.717) is 33.6 Å². The lowest BCUT2D eigenvalue weighted by atomic mass is 10.2. The topological polar surface area (TPSA) is 68.8 Å². The molecule has 0 aliphatic carbocycles. The molecule has 0 saturated heterocycles. The van der Waals surface area contributed by atoms with Crippen LogP contribution in [0.25, 0.3) is 0 Å². The van der Waals surface area contributed by atoms with Gasteiger partial charge in [-0.05, 0) is 24.6 Å². The zero-order valence-electron chi connectivity index (χ0n) is 13.9. The molecule has 0 aliphatic rings. The second-order valence-corrected chi connectivity index (χ2v) is 5.39. The summed E-state index contributed by atoms with van der Waals surface area (Å²) >= 11 is 5.95. The summed E-state index contributed by atoms with van der Waals surface area (Å²) in [4.78, 5) is 12.2. The first-order valence-corrected chi connectivity index (χ1v) is 7.50. The summed E-state index contributed by atoms with van der Waals surface area (Å²) in [6.07, 6.45) is 0. The van der Waals surface area contributed by atoms with Crippen molar-refractivity contribution >= 4 is 29.0 Å². The zero-order valence-corrected chi connectivity index (χ0v) is 14.7. The smallest absolute Gasteiger partial charge is 0.323 e. The van der Waals surface area contributed by atoms with Gasteiger partial charge in [0.1, 0.15) is 0 Å². The average molecular weight is 351 g/mol. The summed E-state index contributed by atoms with van der Waals surface area (Å²) in [5.74, 6) is 1.36. The highest BCUT2D eigenvalue weighted by Gasteiger charge is 2.14. The quantitative estimate of drug-likeness (QED) is 0.842. The highest BCUT2D eigenvalue weighted by molar-refractivity contribution is 6.31. The maximum absolute atomic E-state index is 12.2. The molecular formula is C17H19ClN2O4. The van der Waals surface area contributed by atoms with Gasteiger partial charge in [0.25, 0.3) is 0 Å². The van der Waals surface area contributed by atoms with Gasteiger partial charge in [0, 0.05) is 22.8 Å². The number of urea groups is 1. The van der Waals surface area contributed by atoms with Crippen molar-refractivity contribution in [3.63, 3.8) is 0 Å². The first kappa shape index (κ1) is 17.7. The molecule has 2 aromatic carbocycles. The minimum Gasteiger partial charge on any atom is -0.493 e. The Bertz CT molecular complexity index is 724. The molecule has 0 saturated carbocycles. The van der Waals surface area contributed by atoms with E-state index < -0.39 is 6.03 Å². The largest absolute Gasteiger partial charge is 0.493 e. The van der Waals surface area contributed by atoms with Gasteiger partial charge in [-0.1, -0.05) is 17.7 Å². The minimum atomic E-state index is -0.408. The van der Waals surface area contributed by atoms with Crippen molar-refractivity contribution in [1.29, 1.82) is 0 Å². The molecular weight excluding hydrogens is 332 g/mol. The number of methoxy groups -OCH3 is 3. The fourth-order valence-electron chi connectivity index (χ4n) is 2.17. The second-order valence-electron chi connectivity index (χ2n) is 4.95. The van der Waals surface area contributed by atoms with Crippen LogP contribution in [0.3, 0.4) is 0 Å². The Morgan fingerprint density at radius 2 is 1.58 bits per heavy atom. The fraction of sp³-hybridized carbons (Fsp3) is 0.235. The van der Waals surface area contributed by atoms with Crippen LogP contribution in [0.4, 0.5) is 16.2 Å². The van der Waals surface area contributed by atoms with E-state index in [0.717, 1.165) is 5.56 Å². The summed E-state index contributed by atoms with van der Waals surface area (Å²) < 4.78 is 15.8. The minimum absolute atomic E-state index is 0.408. The lowest BCUT2D eigenvalue weighted by Gasteiger charge is -2.15. The van der Waals surface area contributed by atoms with E-state index in [1.807, 2.05) is 13.0 Å². The van der Waals surface area contributed by atoms with Gasteiger partial charge in [0.15, 0.2) is 11.5 Å². The van der Waals surface area contributed by atoms with Crippen molar-refractivity contribution in [2.24, 2.45) is 0 Å². The Morgan fingerprint density at radius 3 is 2.12 bits per heavy atom. The molecule has 2 rings (SSSR count). The zero-order chi connectivity index (χ0) is 17.7. The molecule has 24 heavy (non-hydrogen) atoms. The third-order valence-electron chi connectivity index (χ3n) is 3.37. The third kappa shape index (κ3) is 4.02.